The number of rotatable bonds is 7. The van der Waals surface area contributed by atoms with E-state index >= 15 is 0 Å². The normalized spacial score (nSPS) is 11.3. The molecule has 0 bridgehead atoms. The maximum atomic E-state index is 6.44. The Balaban J connectivity index is 1.37. The molecule has 2 N–H and O–H groups in total. The van der Waals surface area contributed by atoms with Gasteiger partial charge in [-0.1, -0.05) is 24.3 Å². The highest BCUT2D eigenvalue weighted by Gasteiger charge is 2.14. The summed E-state index contributed by atoms with van der Waals surface area (Å²) < 4.78 is 8.63. The lowest BCUT2D eigenvalue weighted by molar-refractivity contribution is 0.483. The highest BCUT2D eigenvalue weighted by molar-refractivity contribution is 6.09. The van der Waals surface area contributed by atoms with Gasteiger partial charge in [0.15, 0.2) is 5.82 Å². The number of ether oxygens (including phenoxy) is 1. The first-order valence-corrected chi connectivity index (χ1v) is 13.2. The zero-order valence-electron chi connectivity index (χ0n) is 22.6. The highest BCUT2D eigenvalue weighted by atomic mass is 16.5. The summed E-state index contributed by atoms with van der Waals surface area (Å²) in [6, 6.07) is 31.1. The lowest BCUT2D eigenvalue weighted by Crippen LogP contribution is -2.12. The number of nitrogens with one attached hydrogen (secondary N) is 2. The molecule has 0 amide bonds. The molecule has 6 aromatic rings. The zero-order valence-corrected chi connectivity index (χ0v) is 22.6. The summed E-state index contributed by atoms with van der Waals surface area (Å²) in [5, 5.41) is 9.31. The predicted molar refractivity (Wildman–Crippen MR) is 161 cm³/mol. The van der Waals surface area contributed by atoms with Crippen molar-refractivity contribution >= 4 is 39.0 Å². The number of aromatic nitrogens is 3. The minimum Gasteiger partial charge on any atom is -0.457 e. The van der Waals surface area contributed by atoms with Gasteiger partial charge < -0.3 is 15.4 Å². The molecule has 0 saturated heterocycles. The standard InChI is InChI=1S/C33H31N5O/c1-21(2)35-29-15-12-23(4)36-33(29)37-24-17-22(3)18-26(19-24)39-25-13-14-28-27-9-5-6-10-30(27)38(31(28)20-25)32-11-7-8-16-34-32/h5-21,35H,1-4H3,(H,36,37). The molecule has 0 spiro atoms. The largest absolute Gasteiger partial charge is 0.457 e. The number of pyridine rings is 2. The van der Waals surface area contributed by atoms with Crippen LogP contribution in [0.1, 0.15) is 25.1 Å². The van der Waals surface area contributed by atoms with Gasteiger partial charge in [-0.25, -0.2) is 9.97 Å². The fraction of sp³-hybridized carbons (Fsp3) is 0.152. The highest BCUT2D eigenvalue weighted by Crippen LogP contribution is 2.36. The molecule has 3 aromatic carbocycles. The Morgan fingerprint density at radius 1 is 0.769 bits per heavy atom. The summed E-state index contributed by atoms with van der Waals surface area (Å²) in [5.74, 6) is 3.18. The van der Waals surface area contributed by atoms with Crippen molar-refractivity contribution in [2.45, 2.75) is 33.7 Å². The summed E-state index contributed by atoms with van der Waals surface area (Å²) in [6.07, 6.45) is 1.82. The second kappa shape index (κ2) is 10.1. The van der Waals surface area contributed by atoms with Gasteiger partial charge in [-0.05, 0) is 87.9 Å². The third-order valence-electron chi connectivity index (χ3n) is 6.55. The van der Waals surface area contributed by atoms with Gasteiger partial charge in [-0.15, -0.1) is 0 Å². The van der Waals surface area contributed by atoms with Gasteiger partial charge in [0.05, 0.1) is 16.7 Å². The Kier molecular flexibility index (Phi) is 6.37. The molecule has 194 valence electrons. The fourth-order valence-electron chi connectivity index (χ4n) is 4.98. The lowest BCUT2D eigenvalue weighted by Gasteiger charge is -2.17. The number of nitrogens with zero attached hydrogens (tertiary/aromatic N) is 3. The number of anilines is 3. The average molecular weight is 514 g/mol. The molecule has 0 atom stereocenters. The van der Waals surface area contributed by atoms with Crippen molar-refractivity contribution in [1.29, 1.82) is 0 Å². The van der Waals surface area contributed by atoms with E-state index in [1.54, 1.807) is 0 Å². The summed E-state index contributed by atoms with van der Waals surface area (Å²) in [5.41, 5.74) is 6.08. The van der Waals surface area contributed by atoms with Crippen LogP contribution in [0.4, 0.5) is 17.2 Å². The molecule has 0 aliphatic carbocycles. The lowest BCUT2D eigenvalue weighted by atomic mass is 10.1. The van der Waals surface area contributed by atoms with Crippen molar-refractivity contribution in [3.8, 4) is 17.3 Å². The summed E-state index contributed by atoms with van der Waals surface area (Å²) in [7, 11) is 0. The Labute approximate surface area is 228 Å². The molecule has 6 rings (SSSR count). The minimum atomic E-state index is 0.294. The SMILES string of the molecule is Cc1cc(Nc2nc(C)ccc2NC(C)C)cc(Oc2ccc3c4ccccc4n(-c4ccccn4)c3c2)c1. The third kappa shape index (κ3) is 5.01. The molecule has 0 fully saturated rings. The van der Waals surface area contributed by atoms with E-state index in [1.807, 2.05) is 55.6 Å². The van der Waals surface area contributed by atoms with Crippen molar-refractivity contribution in [2.24, 2.45) is 0 Å². The van der Waals surface area contributed by atoms with E-state index in [9.17, 15) is 0 Å². The molecule has 0 aliphatic rings. The van der Waals surface area contributed by atoms with Crippen LogP contribution in [0.25, 0.3) is 27.6 Å². The average Bonchev–Trinajstić information content (AvgIpc) is 3.24. The maximum absolute atomic E-state index is 6.44. The van der Waals surface area contributed by atoms with Crippen LogP contribution < -0.4 is 15.4 Å². The van der Waals surface area contributed by atoms with Crippen molar-refractivity contribution < 1.29 is 4.74 Å². The van der Waals surface area contributed by atoms with Gasteiger partial charge in [-0.2, -0.15) is 0 Å². The fourth-order valence-corrected chi connectivity index (χ4v) is 4.98. The van der Waals surface area contributed by atoms with E-state index in [-0.39, 0.29) is 0 Å². The van der Waals surface area contributed by atoms with Gasteiger partial charge in [-0.3, -0.25) is 4.57 Å². The van der Waals surface area contributed by atoms with E-state index in [4.69, 9.17) is 9.72 Å². The van der Waals surface area contributed by atoms with E-state index in [2.05, 4.69) is 89.5 Å². The van der Waals surface area contributed by atoms with Crippen LogP contribution in [0.15, 0.2) is 97.2 Å². The molecule has 3 aromatic heterocycles. The second-order valence-corrected chi connectivity index (χ2v) is 10.1. The van der Waals surface area contributed by atoms with Gasteiger partial charge in [0.2, 0.25) is 0 Å². The summed E-state index contributed by atoms with van der Waals surface area (Å²) in [4.78, 5) is 9.37. The van der Waals surface area contributed by atoms with Crippen LogP contribution in [-0.2, 0) is 0 Å². The van der Waals surface area contributed by atoms with Gasteiger partial charge in [0.25, 0.3) is 0 Å². The Morgan fingerprint density at radius 3 is 2.41 bits per heavy atom. The van der Waals surface area contributed by atoms with Crippen LogP contribution in [0.3, 0.4) is 0 Å². The number of benzene rings is 3. The molecule has 0 unspecified atom stereocenters. The van der Waals surface area contributed by atoms with Crippen molar-refractivity contribution in [3.63, 3.8) is 0 Å². The summed E-state index contributed by atoms with van der Waals surface area (Å²) >= 11 is 0. The molecule has 39 heavy (non-hydrogen) atoms. The Hall–Kier alpha value is -4.84. The molecule has 0 saturated carbocycles. The molecule has 0 radical (unpaired) electrons. The number of hydrogen-bond acceptors (Lipinski definition) is 5. The van der Waals surface area contributed by atoms with Crippen molar-refractivity contribution in [2.75, 3.05) is 10.6 Å². The molecule has 3 heterocycles. The van der Waals surface area contributed by atoms with E-state index < -0.39 is 0 Å². The van der Waals surface area contributed by atoms with Crippen LogP contribution in [0.2, 0.25) is 0 Å². The first-order chi connectivity index (χ1) is 18.9. The first kappa shape index (κ1) is 24.5. The molecule has 6 heteroatoms. The quantitative estimate of drug-likeness (QED) is 0.224. The summed E-state index contributed by atoms with van der Waals surface area (Å²) in [6.45, 7) is 8.30. The van der Waals surface area contributed by atoms with Gasteiger partial charge in [0.1, 0.15) is 17.3 Å². The Bertz CT molecular complexity index is 1790. The smallest absolute Gasteiger partial charge is 0.154 e. The molecule has 0 aliphatic heterocycles. The van der Waals surface area contributed by atoms with E-state index in [0.29, 0.717) is 6.04 Å². The van der Waals surface area contributed by atoms with Gasteiger partial charge in [0, 0.05) is 46.5 Å². The number of aryl methyl sites for hydroxylation is 2. The predicted octanol–water partition coefficient (Wildman–Crippen LogP) is 8.55. The van der Waals surface area contributed by atoms with Crippen LogP contribution >= 0.6 is 0 Å². The van der Waals surface area contributed by atoms with E-state index in [1.165, 1.54) is 5.39 Å². The molecule has 6 nitrogen and oxygen atoms in total. The third-order valence-corrected chi connectivity index (χ3v) is 6.55. The van der Waals surface area contributed by atoms with Crippen molar-refractivity contribution in [1.82, 2.24) is 14.5 Å². The molecular formula is C33H31N5O. The van der Waals surface area contributed by atoms with E-state index in [0.717, 1.165) is 62.2 Å². The van der Waals surface area contributed by atoms with Gasteiger partial charge >= 0.3 is 0 Å². The van der Waals surface area contributed by atoms with Crippen molar-refractivity contribution in [3.05, 3.63) is 108 Å². The second-order valence-electron chi connectivity index (χ2n) is 10.1. The number of para-hydroxylation sites is 1. The van der Waals surface area contributed by atoms with Crippen LogP contribution in [-0.4, -0.2) is 20.6 Å². The monoisotopic (exact) mass is 513 g/mol. The van der Waals surface area contributed by atoms with Crippen LogP contribution in [0, 0.1) is 13.8 Å². The number of hydrogen-bond donors (Lipinski definition) is 2. The minimum absolute atomic E-state index is 0.294. The zero-order chi connectivity index (χ0) is 26.9. The first-order valence-electron chi connectivity index (χ1n) is 13.2. The van der Waals surface area contributed by atoms with Crippen LogP contribution in [0.5, 0.6) is 11.5 Å². The Morgan fingerprint density at radius 2 is 1.59 bits per heavy atom. The maximum Gasteiger partial charge on any atom is 0.154 e. The number of fused-ring (bicyclic) bond motifs is 3. The topological polar surface area (TPSA) is 64.0 Å². The molecular weight excluding hydrogens is 482 g/mol.